The summed E-state index contributed by atoms with van der Waals surface area (Å²) >= 11 is 1.16. The van der Waals surface area contributed by atoms with Gasteiger partial charge in [0, 0.05) is 0 Å². The molecule has 4 nitrogen and oxygen atoms in total. The van der Waals surface area contributed by atoms with E-state index in [-0.39, 0.29) is 0 Å². The molecule has 0 bridgehead atoms. The maximum absolute atomic E-state index is 10.1. The minimum Gasteiger partial charge on any atom is -0.465 e. The highest BCUT2D eigenvalue weighted by atomic mass is 32.1. The largest absolute Gasteiger partial charge is 0.465 e. The first kappa shape index (κ1) is 7.57. The van der Waals surface area contributed by atoms with E-state index in [9.17, 15) is 4.79 Å². The lowest BCUT2D eigenvalue weighted by Crippen LogP contribution is -2.06. The molecule has 0 spiro atoms. The maximum atomic E-state index is 10.1. The topological polar surface area (TPSA) is 62.2 Å². The van der Waals surface area contributed by atoms with E-state index in [1.54, 1.807) is 0 Å². The van der Waals surface area contributed by atoms with Gasteiger partial charge in [-0.2, -0.15) is 0 Å². The van der Waals surface area contributed by atoms with E-state index in [4.69, 9.17) is 11.5 Å². The average molecular weight is 168 g/mol. The normalized spacial score (nSPS) is 8.64. The number of thiazole rings is 1. The van der Waals surface area contributed by atoms with Crippen LogP contribution >= 0.6 is 11.3 Å². The summed E-state index contributed by atoms with van der Waals surface area (Å²) in [6.07, 6.45) is 3.90. The third-order valence-electron chi connectivity index (χ3n) is 0.925. The molecule has 1 aromatic rings. The second-order valence-electron chi connectivity index (χ2n) is 1.60. The van der Waals surface area contributed by atoms with Gasteiger partial charge in [0.1, 0.15) is 10.7 Å². The number of hydrogen-bond donors (Lipinski definition) is 2. The molecule has 0 aliphatic rings. The highest BCUT2D eigenvalue weighted by molar-refractivity contribution is 7.14. The molecule has 0 saturated heterocycles. The summed E-state index contributed by atoms with van der Waals surface area (Å²) < 4.78 is 0. The molecule has 1 amide bonds. The summed E-state index contributed by atoms with van der Waals surface area (Å²) in [5.74, 6) is 2.25. The first-order valence-corrected chi connectivity index (χ1v) is 3.52. The fraction of sp³-hybridized carbons (Fsp3) is 0. The zero-order chi connectivity index (χ0) is 8.27. The molecule has 11 heavy (non-hydrogen) atoms. The number of rotatable bonds is 1. The van der Waals surface area contributed by atoms with Crippen molar-refractivity contribution in [3.8, 4) is 12.3 Å². The van der Waals surface area contributed by atoms with Crippen molar-refractivity contribution >= 4 is 22.4 Å². The molecule has 0 unspecified atom stereocenters. The van der Waals surface area contributed by atoms with Gasteiger partial charge in [0.25, 0.3) is 0 Å². The monoisotopic (exact) mass is 168 g/mol. The Labute approximate surface area is 66.9 Å². The predicted molar refractivity (Wildman–Crippen MR) is 41.7 cm³/mol. The Bertz CT molecular complexity index is 313. The van der Waals surface area contributed by atoms with Crippen molar-refractivity contribution in [1.82, 2.24) is 4.98 Å². The van der Waals surface area contributed by atoms with Crippen molar-refractivity contribution in [2.24, 2.45) is 0 Å². The SMILES string of the molecule is C#Cc1ncsc1NC(=O)O. The Kier molecular flexibility index (Phi) is 2.09. The first-order chi connectivity index (χ1) is 5.24. The van der Waals surface area contributed by atoms with Crippen LogP contribution in [0.4, 0.5) is 9.80 Å². The maximum Gasteiger partial charge on any atom is 0.409 e. The van der Waals surface area contributed by atoms with Gasteiger partial charge in [-0.3, -0.25) is 5.32 Å². The number of nitrogens with one attached hydrogen (secondary N) is 1. The number of hydrogen-bond acceptors (Lipinski definition) is 3. The van der Waals surface area contributed by atoms with Crippen molar-refractivity contribution in [2.45, 2.75) is 0 Å². The quantitative estimate of drug-likeness (QED) is 0.619. The molecule has 0 atom stereocenters. The minimum absolute atomic E-state index is 0.331. The number of carbonyl (C=O) groups is 1. The number of amides is 1. The molecule has 0 fully saturated rings. The van der Waals surface area contributed by atoms with Crippen molar-refractivity contribution in [2.75, 3.05) is 5.32 Å². The van der Waals surface area contributed by atoms with Crippen LogP contribution in [0.25, 0.3) is 0 Å². The second kappa shape index (κ2) is 3.03. The summed E-state index contributed by atoms with van der Waals surface area (Å²) in [7, 11) is 0. The van der Waals surface area contributed by atoms with Crippen LogP contribution in [0.2, 0.25) is 0 Å². The number of aromatic nitrogens is 1. The lowest BCUT2D eigenvalue weighted by atomic mass is 10.5. The zero-order valence-corrected chi connectivity index (χ0v) is 6.18. The van der Waals surface area contributed by atoms with Gasteiger partial charge >= 0.3 is 6.09 Å². The molecule has 0 saturated carbocycles. The lowest BCUT2D eigenvalue weighted by Gasteiger charge is -1.93. The van der Waals surface area contributed by atoms with Crippen LogP contribution in [0, 0.1) is 12.3 Å². The van der Waals surface area contributed by atoms with E-state index in [1.807, 2.05) is 0 Å². The van der Waals surface area contributed by atoms with E-state index in [1.165, 1.54) is 5.51 Å². The molecular formula is C6H4N2O2S. The number of anilines is 1. The summed E-state index contributed by atoms with van der Waals surface area (Å²) in [5, 5.41) is 10.8. The number of terminal acetylenes is 1. The van der Waals surface area contributed by atoms with Crippen LogP contribution in [0.1, 0.15) is 5.69 Å². The highest BCUT2D eigenvalue weighted by Gasteiger charge is 2.04. The Morgan fingerprint density at radius 2 is 2.64 bits per heavy atom. The first-order valence-electron chi connectivity index (χ1n) is 2.64. The van der Waals surface area contributed by atoms with Gasteiger partial charge in [0.2, 0.25) is 0 Å². The molecule has 0 aromatic carbocycles. The van der Waals surface area contributed by atoms with Crippen molar-refractivity contribution in [3.63, 3.8) is 0 Å². The number of carboxylic acid groups (broad SMARTS) is 1. The summed E-state index contributed by atoms with van der Waals surface area (Å²) in [4.78, 5) is 13.9. The summed E-state index contributed by atoms with van der Waals surface area (Å²) in [5.41, 5.74) is 1.82. The fourth-order valence-corrected chi connectivity index (χ4v) is 1.17. The summed E-state index contributed by atoms with van der Waals surface area (Å²) in [6, 6.07) is 0. The van der Waals surface area contributed by atoms with Gasteiger partial charge in [0.05, 0.1) is 5.51 Å². The second-order valence-corrected chi connectivity index (χ2v) is 2.46. The Morgan fingerprint density at radius 3 is 3.18 bits per heavy atom. The molecule has 5 heteroatoms. The third-order valence-corrected chi connectivity index (χ3v) is 1.67. The minimum atomic E-state index is -1.13. The molecule has 1 heterocycles. The van der Waals surface area contributed by atoms with E-state index in [0.29, 0.717) is 10.7 Å². The van der Waals surface area contributed by atoms with Gasteiger partial charge < -0.3 is 5.11 Å². The van der Waals surface area contributed by atoms with Crippen LogP contribution < -0.4 is 5.32 Å². The van der Waals surface area contributed by atoms with Crippen LogP contribution in [-0.4, -0.2) is 16.2 Å². The van der Waals surface area contributed by atoms with Gasteiger partial charge in [-0.1, -0.05) is 0 Å². The van der Waals surface area contributed by atoms with E-state index in [0.717, 1.165) is 11.3 Å². The Morgan fingerprint density at radius 1 is 1.91 bits per heavy atom. The fourth-order valence-electron chi connectivity index (χ4n) is 0.535. The van der Waals surface area contributed by atoms with Crippen molar-refractivity contribution < 1.29 is 9.90 Å². The van der Waals surface area contributed by atoms with Gasteiger partial charge in [-0.25, -0.2) is 9.78 Å². The molecule has 2 N–H and O–H groups in total. The highest BCUT2D eigenvalue weighted by Crippen LogP contribution is 2.18. The van der Waals surface area contributed by atoms with E-state index in [2.05, 4.69) is 16.2 Å². The van der Waals surface area contributed by atoms with Crippen LogP contribution in [-0.2, 0) is 0 Å². The molecule has 0 aliphatic heterocycles. The molecule has 1 aromatic heterocycles. The van der Waals surface area contributed by atoms with Gasteiger partial charge in [-0.15, -0.1) is 17.8 Å². The Hall–Kier alpha value is -1.54. The smallest absolute Gasteiger partial charge is 0.409 e. The van der Waals surface area contributed by atoms with Crippen LogP contribution in [0.3, 0.4) is 0 Å². The third kappa shape index (κ3) is 1.69. The molecular weight excluding hydrogens is 164 g/mol. The lowest BCUT2D eigenvalue weighted by molar-refractivity contribution is 0.210. The van der Waals surface area contributed by atoms with Crippen molar-refractivity contribution in [1.29, 1.82) is 0 Å². The zero-order valence-electron chi connectivity index (χ0n) is 5.37. The molecule has 1 rings (SSSR count). The summed E-state index contributed by atoms with van der Waals surface area (Å²) in [6.45, 7) is 0. The molecule has 56 valence electrons. The van der Waals surface area contributed by atoms with Crippen LogP contribution in [0.5, 0.6) is 0 Å². The van der Waals surface area contributed by atoms with E-state index >= 15 is 0 Å². The molecule has 0 radical (unpaired) electrons. The standard InChI is InChI=1S/C6H4N2O2S/c1-2-4-5(8-6(9)10)11-3-7-4/h1,3,8H,(H,9,10). The van der Waals surface area contributed by atoms with Crippen LogP contribution in [0.15, 0.2) is 5.51 Å². The Balaban J connectivity index is 2.87. The predicted octanol–water partition coefficient (Wildman–Crippen LogP) is 1.21. The average Bonchev–Trinajstić information content (AvgIpc) is 2.34. The van der Waals surface area contributed by atoms with Gasteiger partial charge in [-0.05, 0) is 5.92 Å². The van der Waals surface area contributed by atoms with Crippen molar-refractivity contribution in [3.05, 3.63) is 11.2 Å². The van der Waals surface area contributed by atoms with Gasteiger partial charge in [0.15, 0.2) is 0 Å². The van der Waals surface area contributed by atoms with E-state index < -0.39 is 6.09 Å². The molecule has 0 aliphatic carbocycles. The number of nitrogens with zero attached hydrogens (tertiary/aromatic N) is 1.